The molecule has 0 amide bonds. The van der Waals surface area contributed by atoms with Crippen molar-refractivity contribution in [1.29, 1.82) is 0 Å². The standard InChI is InChI=1S/C17H19NO/c19-17-14(12-18-15-7-2-1-3-8-15)11-10-13-6-4-5-9-16(13)17/h4-6,9-12,15,19H,1-3,7-8H2/b18-12+. The Morgan fingerprint density at radius 2 is 1.79 bits per heavy atom. The lowest BCUT2D eigenvalue weighted by Gasteiger charge is -2.17. The Morgan fingerprint density at radius 1 is 1.00 bits per heavy atom. The first kappa shape index (κ1) is 12.2. The maximum atomic E-state index is 10.3. The van der Waals surface area contributed by atoms with Crippen molar-refractivity contribution < 1.29 is 5.11 Å². The van der Waals surface area contributed by atoms with E-state index < -0.39 is 0 Å². The summed E-state index contributed by atoms with van der Waals surface area (Å²) in [6, 6.07) is 12.3. The Kier molecular flexibility index (Phi) is 3.49. The number of rotatable bonds is 2. The van der Waals surface area contributed by atoms with Crippen molar-refractivity contribution in [3.63, 3.8) is 0 Å². The maximum Gasteiger partial charge on any atom is 0.132 e. The topological polar surface area (TPSA) is 32.6 Å². The summed E-state index contributed by atoms with van der Waals surface area (Å²) in [7, 11) is 0. The predicted octanol–water partition coefficient (Wildman–Crippen LogP) is 4.30. The van der Waals surface area contributed by atoms with Crippen molar-refractivity contribution in [2.75, 3.05) is 0 Å². The van der Waals surface area contributed by atoms with Gasteiger partial charge in [0.1, 0.15) is 5.75 Å². The van der Waals surface area contributed by atoms with Gasteiger partial charge in [-0.25, -0.2) is 0 Å². The summed E-state index contributed by atoms with van der Waals surface area (Å²) in [5, 5.41) is 12.3. The van der Waals surface area contributed by atoms with Gasteiger partial charge in [0.05, 0.1) is 0 Å². The van der Waals surface area contributed by atoms with E-state index in [0.29, 0.717) is 11.8 Å². The van der Waals surface area contributed by atoms with Crippen LogP contribution in [0.3, 0.4) is 0 Å². The Bertz CT molecular complexity index is 597. The third-order valence-corrected chi connectivity index (χ3v) is 3.93. The van der Waals surface area contributed by atoms with Crippen molar-refractivity contribution in [2.24, 2.45) is 4.99 Å². The van der Waals surface area contributed by atoms with E-state index in [-0.39, 0.29) is 0 Å². The van der Waals surface area contributed by atoms with Crippen molar-refractivity contribution in [3.8, 4) is 5.75 Å². The second-order valence-corrected chi connectivity index (χ2v) is 5.29. The van der Waals surface area contributed by atoms with Crippen molar-refractivity contribution in [3.05, 3.63) is 42.0 Å². The summed E-state index contributed by atoms with van der Waals surface area (Å²) < 4.78 is 0. The molecule has 0 bridgehead atoms. The first-order chi connectivity index (χ1) is 9.34. The molecule has 3 rings (SSSR count). The summed E-state index contributed by atoms with van der Waals surface area (Å²) in [5.41, 5.74) is 0.823. The molecule has 19 heavy (non-hydrogen) atoms. The van der Waals surface area contributed by atoms with Crippen LogP contribution < -0.4 is 0 Å². The summed E-state index contributed by atoms with van der Waals surface area (Å²) in [5.74, 6) is 0.345. The minimum atomic E-state index is 0.345. The van der Waals surface area contributed by atoms with Crippen LogP contribution in [0.25, 0.3) is 10.8 Å². The zero-order chi connectivity index (χ0) is 13.1. The van der Waals surface area contributed by atoms with Crippen LogP contribution in [0, 0.1) is 0 Å². The van der Waals surface area contributed by atoms with Gasteiger partial charge in [-0.05, 0) is 24.3 Å². The van der Waals surface area contributed by atoms with E-state index in [4.69, 9.17) is 0 Å². The molecule has 0 saturated heterocycles. The van der Waals surface area contributed by atoms with Gasteiger partial charge in [-0.3, -0.25) is 4.99 Å². The summed E-state index contributed by atoms with van der Waals surface area (Å²) in [6.45, 7) is 0. The number of phenolic OH excluding ortho intramolecular Hbond substituents is 1. The molecule has 1 saturated carbocycles. The van der Waals surface area contributed by atoms with Crippen LogP contribution in [0.2, 0.25) is 0 Å². The molecule has 1 fully saturated rings. The Labute approximate surface area is 113 Å². The Balaban J connectivity index is 1.88. The molecule has 1 aliphatic carbocycles. The smallest absolute Gasteiger partial charge is 0.132 e. The number of nitrogens with zero attached hydrogens (tertiary/aromatic N) is 1. The van der Waals surface area contributed by atoms with Crippen molar-refractivity contribution in [1.82, 2.24) is 0 Å². The number of aromatic hydroxyl groups is 1. The van der Waals surface area contributed by atoms with Gasteiger partial charge < -0.3 is 5.11 Å². The fourth-order valence-corrected chi connectivity index (χ4v) is 2.79. The molecule has 0 unspecified atom stereocenters. The normalized spacial score (nSPS) is 17.3. The highest BCUT2D eigenvalue weighted by atomic mass is 16.3. The van der Waals surface area contributed by atoms with E-state index in [2.05, 4.69) is 4.99 Å². The molecule has 0 aromatic heterocycles. The highest BCUT2D eigenvalue weighted by Gasteiger charge is 2.11. The van der Waals surface area contributed by atoms with Gasteiger partial charge in [0, 0.05) is 23.2 Å². The van der Waals surface area contributed by atoms with Crippen LogP contribution in [-0.2, 0) is 0 Å². The summed E-state index contributed by atoms with van der Waals surface area (Å²) in [4.78, 5) is 4.64. The van der Waals surface area contributed by atoms with E-state index in [1.165, 1.54) is 32.1 Å². The SMILES string of the molecule is Oc1c(/C=N/C2CCCCC2)ccc2ccccc12. The molecule has 0 heterocycles. The second kappa shape index (κ2) is 5.43. The average molecular weight is 253 g/mol. The molecular weight excluding hydrogens is 234 g/mol. The molecule has 98 valence electrons. The second-order valence-electron chi connectivity index (χ2n) is 5.29. The van der Waals surface area contributed by atoms with Crippen LogP contribution in [0.5, 0.6) is 5.75 Å². The third kappa shape index (κ3) is 2.62. The highest BCUT2D eigenvalue weighted by molar-refractivity contribution is 5.97. The zero-order valence-electron chi connectivity index (χ0n) is 11.0. The van der Waals surface area contributed by atoms with Gasteiger partial charge in [-0.15, -0.1) is 0 Å². The van der Waals surface area contributed by atoms with E-state index in [1.54, 1.807) is 0 Å². The van der Waals surface area contributed by atoms with E-state index in [0.717, 1.165) is 16.3 Å². The van der Waals surface area contributed by atoms with Gasteiger partial charge in [0.25, 0.3) is 0 Å². The van der Waals surface area contributed by atoms with Crippen molar-refractivity contribution in [2.45, 2.75) is 38.1 Å². The van der Waals surface area contributed by atoms with E-state index in [1.807, 2.05) is 42.6 Å². The minimum Gasteiger partial charge on any atom is -0.507 e. The molecular formula is C17H19NO. The molecule has 2 heteroatoms. The molecule has 0 aliphatic heterocycles. The Morgan fingerprint density at radius 3 is 2.63 bits per heavy atom. The molecule has 0 spiro atoms. The van der Waals surface area contributed by atoms with E-state index in [9.17, 15) is 5.11 Å². The number of fused-ring (bicyclic) bond motifs is 1. The quantitative estimate of drug-likeness (QED) is 0.795. The van der Waals surface area contributed by atoms with Crippen molar-refractivity contribution >= 4 is 17.0 Å². The van der Waals surface area contributed by atoms with Crippen LogP contribution in [0.1, 0.15) is 37.7 Å². The number of aliphatic imine (C=N–C) groups is 1. The Hall–Kier alpha value is -1.83. The van der Waals surface area contributed by atoms with Gasteiger partial charge in [-0.1, -0.05) is 49.6 Å². The molecule has 0 radical (unpaired) electrons. The van der Waals surface area contributed by atoms with E-state index >= 15 is 0 Å². The average Bonchev–Trinajstić information content (AvgIpc) is 2.48. The van der Waals surface area contributed by atoms with Crippen LogP contribution in [-0.4, -0.2) is 17.4 Å². The number of benzene rings is 2. The lowest BCUT2D eigenvalue weighted by molar-refractivity contribution is 0.444. The number of hydrogen-bond acceptors (Lipinski definition) is 2. The highest BCUT2D eigenvalue weighted by Crippen LogP contribution is 2.28. The first-order valence-electron chi connectivity index (χ1n) is 7.08. The largest absolute Gasteiger partial charge is 0.507 e. The minimum absolute atomic E-state index is 0.345. The number of phenols is 1. The fraction of sp³-hybridized carbons (Fsp3) is 0.353. The number of hydrogen-bond donors (Lipinski definition) is 1. The molecule has 2 aromatic carbocycles. The molecule has 1 N–H and O–H groups in total. The lowest BCUT2D eigenvalue weighted by atomic mass is 9.96. The summed E-state index contributed by atoms with van der Waals surface area (Å²) >= 11 is 0. The van der Waals surface area contributed by atoms with Crippen LogP contribution >= 0.6 is 0 Å². The molecule has 0 atom stereocenters. The molecule has 1 aliphatic rings. The third-order valence-electron chi connectivity index (χ3n) is 3.93. The fourth-order valence-electron chi connectivity index (χ4n) is 2.79. The van der Waals surface area contributed by atoms with Gasteiger partial charge in [0.2, 0.25) is 0 Å². The van der Waals surface area contributed by atoms with Gasteiger partial charge in [-0.2, -0.15) is 0 Å². The van der Waals surface area contributed by atoms with Gasteiger partial charge in [0.15, 0.2) is 0 Å². The molecule has 2 nitrogen and oxygen atoms in total. The maximum absolute atomic E-state index is 10.3. The predicted molar refractivity (Wildman–Crippen MR) is 80.1 cm³/mol. The summed E-state index contributed by atoms with van der Waals surface area (Å²) in [6.07, 6.45) is 8.12. The lowest BCUT2D eigenvalue weighted by Crippen LogP contribution is -2.09. The zero-order valence-corrected chi connectivity index (χ0v) is 11.0. The first-order valence-corrected chi connectivity index (χ1v) is 7.08. The van der Waals surface area contributed by atoms with Gasteiger partial charge >= 0.3 is 0 Å². The monoisotopic (exact) mass is 253 g/mol. The van der Waals surface area contributed by atoms with Crippen LogP contribution in [0.15, 0.2) is 41.4 Å². The van der Waals surface area contributed by atoms with Crippen LogP contribution in [0.4, 0.5) is 0 Å². The molecule has 2 aromatic rings.